The molecule has 16 heavy (non-hydrogen) atoms. The number of hydrogen-bond acceptors (Lipinski definition) is 4. The highest BCUT2D eigenvalue weighted by molar-refractivity contribution is 5.94. The van der Waals surface area contributed by atoms with Crippen LogP contribution in [-0.4, -0.2) is 23.3 Å². The van der Waals surface area contributed by atoms with E-state index in [1.54, 1.807) is 0 Å². The van der Waals surface area contributed by atoms with Crippen molar-refractivity contribution in [2.24, 2.45) is 0 Å². The molecule has 1 aromatic rings. The molecule has 0 aliphatic rings. The van der Waals surface area contributed by atoms with Crippen LogP contribution in [0.15, 0.2) is 12.1 Å². The van der Waals surface area contributed by atoms with E-state index >= 15 is 0 Å². The highest BCUT2D eigenvalue weighted by Gasteiger charge is 2.17. The summed E-state index contributed by atoms with van der Waals surface area (Å²) in [6.45, 7) is 2.03. The van der Waals surface area contributed by atoms with E-state index in [0.29, 0.717) is 12.0 Å². The molecule has 1 aromatic carbocycles. The molecule has 2 N–H and O–H groups in total. The van der Waals surface area contributed by atoms with E-state index < -0.39 is 5.97 Å². The zero-order chi connectivity index (χ0) is 12.1. The van der Waals surface area contributed by atoms with Crippen LogP contribution in [-0.2, 0) is 11.2 Å². The molecule has 0 spiro atoms. The van der Waals surface area contributed by atoms with E-state index in [1.807, 2.05) is 6.92 Å². The Labute approximate surface area is 94.5 Å². The van der Waals surface area contributed by atoms with Crippen molar-refractivity contribution in [3.05, 3.63) is 23.3 Å². The normalized spacial score (nSPS) is 10.1. The van der Waals surface area contributed by atoms with Crippen molar-refractivity contribution >= 4 is 5.97 Å². The molecular weight excluding hydrogens is 208 g/mol. The summed E-state index contributed by atoms with van der Waals surface area (Å²) < 4.78 is 4.60. The molecule has 0 fully saturated rings. The number of phenolic OH excluding ortho intramolecular Hbond substituents is 2. The number of ether oxygens (including phenoxy) is 1. The van der Waals surface area contributed by atoms with Gasteiger partial charge in [-0.25, -0.2) is 4.79 Å². The fraction of sp³-hybridized carbons (Fsp3) is 0.417. The van der Waals surface area contributed by atoms with E-state index in [9.17, 15) is 15.0 Å². The van der Waals surface area contributed by atoms with Crippen LogP contribution in [0.4, 0.5) is 0 Å². The molecule has 0 radical (unpaired) electrons. The minimum atomic E-state index is -0.580. The average molecular weight is 224 g/mol. The molecule has 0 atom stereocenters. The Balaban J connectivity index is 3.15. The number of carbonyl (C=O) groups is 1. The van der Waals surface area contributed by atoms with Gasteiger partial charge in [0.15, 0.2) is 0 Å². The summed E-state index contributed by atoms with van der Waals surface area (Å²) in [5.41, 5.74) is 0.764. The smallest absolute Gasteiger partial charge is 0.341 e. The monoisotopic (exact) mass is 224 g/mol. The summed E-state index contributed by atoms with van der Waals surface area (Å²) >= 11 is 0. The second-order valence-electron chi connectivity index (χ2n) is 3.59. The first kappa shape index (κ1) is 12.4. The Hall–Kier alpha value is -1.71. The number of unbranched alkanes of at least 4 members (excludes halogenated alkanes) is 1. The lowest BCUT2D eigenvalue weighted by molar-refractivity contribution is 0.0596. The maximum atomic E-state index is 11.5. The Morgan fingerprint density at radius 1 is 1.38 bits per heavy atom. The van der Waals surface area contributed by atoms with Crippen molar-refractivity contribution in [1.82, 2.24) is 0 Å². The predicted octanol–water partition coefficient (Wildman–Crippen LogP) is 2.23. The lowest BCUT2D eigenvalue weighted by atomic mass is 10.0. The van der Waals surface area contributed by atoms with Gasteiger partial charge >= 0.3 is 5.97 Å². The summed E-state index contributed by atoms with van der Waals surface area (Å²) in [5, 5.41) is 19.0. The quantitative estimate of drug-likeness (QED) is 0.769. The van der Waals surface area contributed by atoms with Crippen LogP contribution in [0, 0.1) is 0 Å². The number of benzene rings is 1. The molecule has 4 heteroatoms. The molecule has 0 amide bonds. The van der Waals surface area contributed by atoms with Gasteiger partial charge in [-0.15, -0.1) is 0 Å². The molecule has 0 saturated carbocycles. The largest absolute Gasteiger partial charge is 0.508 e. The Kier molecular flexibility index (Phi) is 4.17. The molecule has 88 valence electrons. The minimum absolute atomic E-state index is 0.0451. The van der Waals surface area contributed by atoms with Gasteiger partial charge in [0.2, 0.25) is 0 Å². The van der Waals surface area contributed by atoms with Gasteiger partial charge in [-0.1, -0.05) is 13.3 Å². The van der Waals surface area contributed by atoms with Crippen LogP contribution in [0.1, 0.15) is 35.7 Å². The van der Waals surface area contributed by atoms with Crippen molar-refractivity contribution in [1.29, 1.82) is 0 Å². The third kappa shape index (κ3) is 2.66. The molecule has 0 unspecified atom stereocenters. The number of hydrogen-bond donors (Lipinski definition) is 2. The van der Waals surface area contributed by atoms with Crippen LogP contribution < -0.4 is 0 Å². The zero-order valence-corrected chi connectivity index (χ0v) is 9.49. The fourth-order valence-electron chi connectivity index (χ4n) is 1.57. The number of phenols is 2. The Morgan fingerprint density at radius 2 is 2.06 bits per heavy atom. The van der Waals surface area contributed by atoms with Gasteiger partial charge in [-0.3, -0.25) is 0 Å². The van der Waals surface area contributed by atoms with Gasteiger partial charge in [-0.05, 0) is 24.5 Å². The number of rotatable bonds is 4. The minimum Gasteiger partial charge on any atom is -0.508 e. The Morgan fingerprint density at radius 3 is 2.62 bits per heavy atom. The molecule has 0 heterocycles. The molecule has 0 bridgehead atoms. The molecular formula is C12H16O4. The highest BCUT2D eigenvalue weighted by Crippen LogP contribution is 2.28. The average Bonchev–Trinajstić information content (AvgIpc) is 2.24. The van der Waals surface area contributed by atoms with Crippen molar-refractivity contribution in [2.45, 2.75) is 26.2 Å². The summed E-state index contributed by atoms with van der Waals surface area (Å²) in [5.74, 6) is -0.863. The van der Waals surface area contributed by atoms with Crippen molar-refractivity contribution in [2.75, 3.05) is 7.11 Å². The number of aryl methyl sites for hydroxylation is 1. The zero-order valence-electron chi connectivity index (χ0n) is 9.49. The summed E-state index contributed by atoms with van der Waals surface area (Å²) in [6.07, 6.45) is 2.48. The number of carbonyl (C=O) groups excluding carboxylic acids is 1. The highest BCUT2D eigenvalue weighted by atomic mass is 16.5. The number of methoxy groups -OCH3 is 1. The fourth-order valence-corrected chi connectivity index (χ4v) is 1.57. The molecule has 0 aromatic heterocycles. The first-order valence-corrected chi connectivity index (χ1v) is 5.23. The van der Waals surface area contributed by atoms with Crippen LogP contribution in [0.2, 0.25) is 0 Å². The molecule has 4 nitrogen and oxygen atoms in total. The third-order valence-electron chi connectivity index (χ3n) is 2.37. The third-order valence-corrected chi connectivity index (χ3v) is 2.37. The van der Waals surface area contributed by atoms with Crippen molar-refractivity contribution < 1.29 is 19.7 Å². The van der Waals surface area contributed by atoms with Crippen molar-refractivity contribution in [3.8, 4) is 11.5 Å². The van der Waals surface area contributed by atoms with E-state index in [4.69, 9.17) is 0 Å². The van der Waals surface area contributed by atoms with E-state index in [1.165, 1.54) is 13.2 Å². The molecule has 0 saturated heterocycles. The van der Waals surface area contributed by atoms with Gasteiger partial charge in [0, 0.05) is 6.07 Å². The maximum absolute atomic E-state index is 11.5. The van der Waals surface area contributed by atoms with Gasteiger partial charge in [0.25, 0.3) is 0 Å². The van der Waals surface area contributed by atoms with Gasteiger partial charge in [0.1, 0.15) is 17.1 Å². The molecule has 0 aliphatic carbocycles. The number of aromatic hydroxyl groups is 2. The van der Waals surface area contributed by atoms with Gasteiger partial charge < -0.3 is 14.9 Å². The second-order valence-corrected chi connectivity index (χ2v) is 3.59. The van der Waals surface area contributed by atoms with Crippen LogP contribution in [0.5, 0.6) is 11.5 Å². The lowest BCUT2D eigenvalue weighted by Crippen LogP contribution is -2.06. The maximum Gasteiger partial charge on any atom is 0.341 e. The second kappa shape index (κ2) is 5.39. The summed E-state index contributed by atoms with van der Waals surface area (Å²) in [7, 11) is 1.26. The Bertz CT molecular complexity index is 385. The summed E-state index contributed by atoms with van der Waals surface area (Å²) in [6, 6.07) is 2.63. The van der Waals surface area contributed by atoms with Crippen LogP contribution >= 0.6 is 0 Å². The lowest BCUT2D eigenvalue weighted by Gasteiger charge is -2.10. The van der Waals surface area contributed by atoms with E-state index in [-0.39, 0.29) is 17.1 Å². The van der Waals surface area contributed by atoms with Crippen LogP contribution in [0.25, 0.3) is 0 Å². The molecule has 1 rings (SSSR count). The van der Waals surface area contributed by atoms with Gasteiger partial charge in [0.05, 0.1) is 7.11 Å². The number of esters is 1. The standard InChI is InChI=1S/C12H16O4/c1-3-4-5-8-6-9(13)7-10(14)11(8)12(15)16-2/h6-7,13-14H,3-5H2,1-2H3. The van der Waals surface area contributed by atoms with E-state index in [2.05, 4.69) is 4.74 Å². The molecule has 0 aliphatic heterocycles. The predicted molar refractivity (Wildman–Crippen MR) is 59.7 cm³/mol. The first-order chi connectivity index (χ1) is 7.60. The first-order valence-electron chi connectivity index (χ1n) is 5.23. The SMILES string of the molecule is CCCCc1cc(O)cc(O)c1C(=O)OC. The van der Waals surface area contributed by atoms with Gasteiger partial charge in [-0.2, -0.15) is 0 Å². The topological polar surface area (TPSA) is 66.8 Å². The van der Waals surface area contributed by atoms with Crippen LogP contribution in [0.3, 0.4) is 0 Å². The van der Waals surface area contributed by atoms with Crippen molar-refractivity contribution in [3.63, 3.8) is 0 Å². The van der Waals surface area contributed by atoms with E-state index in [0.717, 1.165) is 18.9 Å². The summed E-state index contributed by atoms with van der Waals surface area (Å²) in [4.78, 5) is 11.5.